The molecule has 0 bridgehead atoms. The van der Waals surface area contributed by atoms with Gasteiger partial charge in [-0.25, -0.2) is 4.98 Å². The van der Waals surface area contributed by atoms with Gasteiger partial charge in [-0.15, -0.1) is 22.9 Å². The third-order valence-electron chi connectivity index (χ3n) is 2.33. The van der Waals surface area contributed by atoms with Gasteiger partial charge >= 0.3 is 0 Å². The van der Waals surface area contributed by atoms with Crippen LogP contribution in [0.25, 0.3) is 0 Å². The predicted molar refractivity (Wildman–Crippen MR) is 62.6 cm³/mol. The number of rotatable bonds is 2. The van der Waals surface area contributed by atoms with Gasteiger partial charge in [-0.1, -0.05) is 0 Å². The van der Waals surface area contributed by atoms with Crippen LogP contribution in [0, 0.1) is 6.92 Å². The zero-order valence-electron chi connectivity index (χ0n) is 8.78. The van der Waals surface area contributed by atoms with Gasteiger partial charge in [-0.05, 0) is 6.92 Å². The molecule has 1 aromatic rings. The summed E-state index contributed by atoms with van der Waals surface area (Å²) >= 11 is 7.82. The van der Waals surface area contributed by atoms with Crippen molar-refractivity contribution < 1.29 is 4.74 Å². The third-order valence-corrected chi connectivity index (χ3v) is 3.55. The summed E-state index contributed by atoms with van der Waals surface area (Å²) in [5.74, 6) is 0. The lowest BCUT2D eigenvalue weighted by Gasteiger charge is -2.18. The molecule has 0 aliphatic carbocycles. The first kappa shape index (κ1) is 11.3. The minimum Gasteiger partial charge on any atom is -0.379 e. The Morgan fingerprint density at radius 2 is 2.60 bits per heavy atom. The van der Waals surface area contributed by atoms with E-state index in [1.807, 2.05) is 6.92 Å². The Hall–Kier alpha value is -0.160. The van der Waals surface area contributed by atoms with Gasteiger partial charge in [0, 0.05) is 24.2 Å². The van der Waals surface area contributed by atoms with E-state index in [9.17, 15) is 0 Å². The molecule has 0 radical (unpaired) electrons. The van der Waals surface area contributed by atoms with Gasteiger partial charge in [0.05, 0.1) is 25.1 Å². The lowest BCUT2D eigenvalue weighted by atomic mass is 10.4. The topological polar surface area (TPSA) is 25.4 Å². The predicted octanol–water partition coefficient (Wildman–Crippen LogP) is 1.89. The zero-order valence-corrected chi connectivity index (χ0v) is 10.4. The van der Waals surface area contributed by atoms with Crippen molar-refractivity contribution in [2.75, 3.05) is 26.3 Å². The first-order chi connectivity index (χ1) is 7.24. The smallest absolute Gasteiger partial charge is 0.107 e. The number of aryl methyl sites for hydroxylation is 1. The van der Waals surface area contributed by atoms with Crippen molar-refractivity contribution in [1.82, 2.24) is 9.88 Å². The SMILES string of the molecule is Cc1csc(CN2CCOCC(Cl)C2)n1. The molecule has 1 unspecified atom stereocenters. The molecule has 3 nitrogen and oxygen atoms in total. The van der Waals surface area contributed by atoms with E-state index >= 15 is 0 Å². The summed E-state index contributed by atoms with van der Waals surface area (Å²) in [5.41, 5.74) is 1.10. The second-order valence-electron chi connectivity index (χ2n) is 3.79. The van der Waals surface area contributed by atoms with Crippen LogP contribution < -0.4 is 0 Å². The highest BCUT2D eigenvalue weighted by molar-refractivity contribution is 7.09. The Morgan fingerprint density at radius 1 is 1.73 bits per heavy atom. The highest BCUT2D eigenvalue weighted by Gasteiger charge is 2.17. The molecule has 1 atom stereocenters. The average molecular weight is 247 g/mol. The van der Waals surface area contributed by atoms with Crippen LogP contribution in [-0.4, -0.2) is 41.6 Å². The number of thiazole rings is 1. The van der Waals surface area contributed by atoms with Crippen molar-refractivity contribution in [1.29, 1.82) is 0 Å². The Labute approximate surface area is 99.0 Å². The molecule has 1 aromatic heterocycles. The molecule has 1 aliphatic heterocycles. The van der Waals surface area contributed by atoms with Crippen molar-refractivity contribution in [3.05, 3.63) is 16.1 Å². The molecule has 1 fully saturated rings. The van der Waals surface area contributed by atoms with E-state index < -0.39 is 0 Å². The standard InChI is InChI=1S/C10H15ClN2OS/c1-8-7-15-10(12-8)5-13-2-3-14-6-9(11)4-13/h7,9H,2-6H2,1H3. The number of aromatic nitrogens is 1. The highest BCUT2D eigenvalue weighted by atomic mass is 35.5. The van der Waals surface area contributed by atoms with Gasteiger partial charge in [-0.2, -0.15) is 0 Å². The van der Waals surface area contributed by atoms with Crippen LogP contribution in [0.3, 0.4) is 0 Å². The van der Waals surface area contributed by atoms with E-state index in [1.54, 1.807) is 11.3 Å². The number of halogens is 1. The van der Waals surface area contributed by atoms with Crippen molar-refractivity contribution in [3.63, 3.8) is 0 Å². The summed E-state index contributed by atoms with van der Waals surface area (Å²) in [4.78, 5) is 6.76. The van der Waals surface area contributed by atoms with Crippen LogP contribution in [0.4, 0.5) is 0 Å². The van der Waals surface area contributed by atoms with Gasteiger partial charge < -0.3 is 4.74 Å². The summed E-state index contributed by atoms with van der Waals surface area (Å²) in [7, 11) is 0. The number of hydrogen-bond acceptors (Lipinski definition) is 4. The molecule has 84 valence electrons. The maximum atomic E-state index is 6.10. The molecule has 0 N–H and O–H groups in total. The Bertz CT molecular complexity index is 318. The minimum atomic E-state index is 0.105. The van der Waals surface area contributed by atoms with E-state index in [0.717, 1.165) is 31.9 Å². The first-order valence-electron chi connectivity index (χ1n) is 5.09. The number of nitrogens with zero attached hydrogens (tertiary/aromatic N) is 2. The Morgan fingerprint density at radius 3 is 3.33 bits per heavy atom. The summed E-state index contributed by atoms with van der Waals surface area (Å²) in [6.07, 6.45) is 0. The Balaban J connectivity index is 1.92. The highest BCUT2D eigenvalue weighted by Crippen LogP contribution is 2.14. The lowest BCUT2D eigenvalue weighted by molar-refractivity contribution is 0.141. The minimum absolute atomic E-state index is 0.105. The van der Waals surface area contributed by atoms with Gasteiger partial charge in [0.25, 0.3) is 0 Å². The largest absolute Gasteiger partial charge is 0.379 e. The molecular formula is C10H15ClN2OS. The lowest BCUT2D eigenvalue weighted by Crippen LogP contribution is -2.29. The molecule has 0 aromatic carbocycles. The van der Waals surface area contributed by atoms with Gasteiger partial charge in [0.1, 0.15) is 5.01 Å². The first-order valence-corrected chi connectivity index (χ1v) is 6.41. The average Bonchev–Trinajstić information content (AvgIpc) is 2.46. The maximum absolute atomic E-state index is 6.10. The van der Waals surface area contributed by atoms with Crippen molar-refractivity contribution in [2.24, 2.45) is 0 Å². The second-order valence-corrected chi connectivity index (χ2v) is 5.35. The maximum Gasteiger partial charge on any atom is 0.107 e. The fraction of sp³-hybridized carbons (Fsp3) is 0.700. The number of alkyl halides is 1. The van der Waals surface area contributed by atoms with Crippen LogP contribution in [0.1, 0.15) is 10.7 Å². The van der Waals surface area contributed by atoms with Gasteiger partial charge in [-0.3, -0.25) is 4.90 Å². The molecule has 0 amide bonds. The molecule has 2 heterocycles. The molecular weight excluding hydrogens is 232 g/mol. The number of hydrogen-bond donors (Lipinski definition) is 0. The Kier molecular flexibility index (Phi) is 3.97. The molecule has 0 saturated carbocycles. The van der Waals surface area contributed by atoms with Crippen molar-refractivity contribution >= 4 is 22.9 Å². The van der Waals surface area contributed by atoms with Gasteiger partial charge in [0.2, 0.25) is 0 Å². The summed E-state index contributed by atoms with van der Waals surface area (Å²) in [6, 6.07) is 0. The second kappa shape index (κ2) is 5.25. The molecule has 0 spiro atoms. The molecule has 1 saturated heterocycles. The van der Waals surface area contributed by atoms with Crippen LogP contribution in [0.5, 0.6) is 0 Å². The summed E-state index contributed by atoms with van der Waals surface area (Å²) in [5, 5.41) is 3.36. The van der Waals surface area contributed by atoms with E-state index in [1.165, 1.54) is 5.01 Å². The van der Waals surface area contributed by atoms with Crippen LogP contribution in [0.2, 0.25) is 0 Å². The van der Waals surface area contributed by atoms with Gasteiger partial charge in [0.15, 0.2) is 0 Å². The molecule has 2 rings (SSSR count). The van der Waals surface area contributed by atoms with E-state index in [-0.39, 0.29) is 5.38 Å². The molecule has 15 heavy (non-hydrogen) atoms. The van der Waals surface area contributed by atoms with Crippen molar-refractivity contribution in [2.45, 2.75) is 18.8 Å². The summed E-state index contributed by atoms with van der Waals surface area (Å²) < 4.78 is 5.39. The van der Waals surface area contributed by atoms with Crippen LogP contribution in [0.15, 0.2) is 5.38 Å². The quantitative estimate of drug-likeness (QED) is 0.746. The summed E-state index contributed by atoms with van der Waals surface area (Å²) in [6.45, 7) is 6.19. The monoisotopic (exact) mass is 246 g/mol. The fourth-order valence-corrected chi connectivity index (χ4v) is 2.74. The van der Waals surface area contributed by atoms with Crippen LogP contribution >= 0.6 is 22.9 Å². The normalized spacial score (nSPS) is 24.0. The molecule has 1 aliphatic rings. The zero-order chi connectivity index (χ0) is 10.7. The van der Waals surface area contributed by atoms with Crippen LogP contribution in [-0.2, 0) is 11.3 Å². The van der Waals surface area contributed by atoms with Crippen molar-refractivity contribution in [3.8, 4) is 0 Å². The fourth-order valence-electron chi connectivity index (χ4n) is 1.64. The third kappa shape index (κ3) is 3.41. The molecule has 5 heteroatoms. The van der Waals surface area contributed by atoms with E-state index in [0.29, 0.717) is 6.61 Å². The number of ether oxygens (including phenoxy) is 1. The van der Waals surface area contributed by atoms with E-state index in [2.05, 4.69) is 15.3 Å². The van der Waals surface area contributed by atoms with E-state index in [4.69, 9.17) is 16.3 Å².